The van der Waals surface area contributed by atoms with Crippen molar-refractivity contribution in [3.05, 3.63) is 29.8 Å². The average molecular weight is 302 g/mol. The molecule has 1 aliphatic heterocycles. The van der Waals surface area contributed by atoms with Crippen molar-refractivity contribution in [1.82, 2.24) is 4.90 Å². The number of rotatable bonds is 5. The summed E-state index contributed by atoms with van der Waals surface area (Å²) in [5.41, 5.74) is 7.20. The van der Waals surface area contributed by atoms with Gasteiger partial charge in [0.1, 0.15) is 5.75 Å². The molecule has 1 aromatic rings. The summed E-state index contributed by atoms with van der Waals surface area (Å²) in [6.45, 7) is 0.870. The van der Waals surface area contributed by atoms with Gasteiger partial charge in [-0.05, 0) is 50.2 Å². The highest BCUT2D eigenvalue weighted by molar-refractivity contribution is 5.78. The Balaban J connectivity index is 1.66. The first-order valence-electron chi connectivity index (χ1n) is 8.31. The fourth-order valence-corrected chi connectivity index (χ4v) is 3.71. The molecule has 4 nitrogen and oxygen atoms in total. The third-order valence-electron chi connectivity index (χ3n) is 5.20. The predicted octanol–water partition coefficient (Wildman–Crippen LogP) is 2.50. The molecule has 1 heterocycles. The van der Waals surface area contributed by atoms with Gasteiger partial charge in [-0.3, -0.25) is 4.79 Å². The number of amides is 1. The number of carbonyl (C=O) groups excluding carboxylic acids is 1. The Bertz CT molecular complexity index is 540. The van der Waals surface area contributed by atoms with Crippen LogP contribution in [0.5, 0.6) is 5.75 Å². The molecule has 1 atom stereocenters. The Kier molecular flexibility index (Phi) is 4.39. The maximum absolute atomic E-state index is 12.6. The number of hydrogen-bond acceptors (Lipinski definition) is 3. The van der Waals surface area contributed by atoms with Crippen LogP contribution in [0, 0.1) is 0 Å². The van der Waals surface area contributed by atoms with Crippen molar-refractivity contribution in [1.29, 1.82) is 0 Å². The number of carbonyl (C=O) groups is 1. The van der Waals surface area contributed by atoms with E-state index in [0.717, 1.165) is 50.8 Å². The van der Waals surface area contributed by atoms with Gasteiger partial charge in [0, 0.05) is 24.5 Å². The zero-order valence-electron chi connectivity index (χ0n) is 13.4. The number of likely N-dealkylation sites (tertiary alicyclic amines) is 1. The first-order chi connectivity index (χ1) is 10.6. The Morgan fingerprint density at radius 1 is 1.36 bits per heavy atom. The molecule has 3 rings (SSSR count). The zero-order chi connectivity index (χ0) is 15.6. The smallest absolute Gasteiger partial charge is 0.224 e. The molecule has 1 aromatic carbocycles. The van der Waals surface area contributed by atoms with Crippen LogP contribution in [-0.4, -0.2) is 36.0 Å². The minimum Gasteiger partial charge on any atom is -0.496 e. The van der Waals surface area contributed by atoms with Crippen molar-refractivity contribution in [2.24, 2.45) is 5.73 Å². The highest BCUT2D eigenvalue weighted by atomic mass is 16.5. The largest absolute Gasteiger partial charge is 0.496 e. The van der Waals surface area contributed by atoms with Crippen LogP contribution in [0.3, 0.4) is 0 Å². The summed E-state index contributed by atoms with van der Waals surface area (Å²) >= 11 is 0. The summed E-state index contributed by atoms with van der Waals surface area (Å²) < 4.78 is 5.44. The molecule has 2 N–H and O–H groups in total. The first-order valence-corrected chi connectivity index (χ1v) is 8.31. The molecule has 0 unspecified atom stereocenters. The van der Waals surface area contributed by atoms with E-state index in [-0.39, 0.29) is 17.5 Å². The lowest BCUT2D eigenvalue weighted by Gasteiger charge is -2.39. The van der Waals surface area contributed by atoms with E-state index in [1.54, 1.807) is 7.11 Å². The second-order valence-electron chi connectivity index (χ2n) is 6.79. The molecule has 0 aromatic heterocycles. The third kappa shape index (κ3) is 3.12. The van der Waals surface area contributed by atoms with Crippen molar-refractivity contribution >= 4 is 5.91 Å². The molecule has 0 spiro atoms. The van der Waals surface area contributed by atoms with Crippen molar-refractivity contribution in [2.75, 3.05) is 13.7 Å². The highest BCUT2D eigenvalue weighted by Crippen LogP contribution is 2.34. The van der Waals surface area contributed by atoms with Crippen molar-refractivity contribution < 1.29 is 9.53 Å². The molecule has 0 bridgehead atoms. The van der Waals surface area contributed by atoms with E-state index in [9.17, 15) is 4.79 Å². The molecular formula is C18H26N2O2. The van der Waals surface area contributed by atoms with Gasteiger partial charge in [-0.1, -0.05) is 18.2 Å². The Morgan fingerprint density at radius 3 is 2.82 bits per heavy atom. The number of methoxy groups -OCH3 is 1. The Morgan fingerprint density at radius 2 is 2.14 bits per heavy atom. The maximum atomic E-state index is 12.6. The van der Waals surface area contributed by atoms with E-state index in [0.29, 0.717) is 6.42 Å². The molecular weight excluding hydrogens is 276 g/mol. The van der Waals surface area contributed by atoms with Crippen LogP contribution in [0.4, 0.5) is 0 Å². The topological polar surface area (TPSA) is 55.6 Å². The van der Waals surface area contributed by atoms with Gasteiger partial charge in [-0.15, -0.1) is 0 Å². The number of nitrogens with two attached hydrogens (primary N) is 1. The second kappa shape index (κ2) is 6.29. The van der Waals surface area contributed by atoms with Crippen LogP contribution in [0.25, 0.3) is 0 Å². The first kappa shape index (κ1) is 15.3. The number of ether oxygens (including phenoxy) is 1. The van der Waals surface area contributed by atoms with E-state index in [1.165, 1.54) is 5.56 Å². The Labute approximate surface area is 132 Å². The predicted molar refractivity (Wildman–Crippen MR) is 86.8 cm³/mol. The van der Waals surface area contributed by atoms with E-state index < -0.39 is 0 Å². The second-order valence-corrected chi connectivity index (χ2v) is 6.79. The van der Waals surface area contributed by atoms with E-state index in [1.807, 2.05) is 18.2 Å². The molecule has 2 aliphatic rings. The zero-order valence-corrected chi connectivity index (χ0v) is 13.4. The van der Waals surface area contributed by atoms with Gasteiger partial charge in [0.25, 0.3) is 0 Å². The maximum Gasteiger partial charge on any atom is 0.224 e. The summed E-state index contributed by atoms with van der Waals surface area (Å²) in [5.74, 6) is 1.15. The van der Waals surface area contributed by atoms with Gasteiger partial charge >= 0.3 is 0 Å². The van der Waals surface area contributed by atoms with Crippen molar-refractivity contribution in [3.63, 3.8) is 0 Å². The Hall–Kier alpha value is -1.55. The van der Waals surface area contributed by atoms with Gasteiger partial charge in [0.2, 0.25) is 5.91 Å². The lowest BCUT2D eigenvalue weighted by atomic mass is 9.75. The van der Waals surface area contributed by atoms with Crippen LogP contribution < -0.4 is 10.5 Å². The lowest BCUT2D eigenvalue weighted by Crippen LogP contribution is -2.51. The minimum atomic E-state index is -0.228. The molecule has 1 aliphatic carbocycles. The summed E-state index contributed by atoms with van der Waals surface area (Å²) in [6.07, 6.45) is 6.68. The van der Waals surface area contributed by atoms with Gasteiger partial charge in [-0.2, -0.15) is 0 Å². The third-order valence-corrected chi connectivity index (χ3v) is 5.20. The number of hydrogen-bond donors (Lipinski definition) is 1. The molecule has 1 saturated carbocycles. The minimum absolute atomic E-state index is 0.228. The van der Waals surface area contributed by atoms with Crippen LogP contribution >= 0.6 is 0 Å². The molecule has 2 fully saturated rings. The van der Waals surface area contributed by atoms with Gasteiger partial charge in [0.15, 0.2) is 0 Å². The van der Waals surface area contributed by atoms with Crippen LogP contribution in [0.15, 0.2) is 24.3 Å². The summed E-state index contributed by atoms with van der Waals surface area (Å²) in [5, 5.41) is 0. The summed E-state index contributed by atoms with van der Waals surface area (Å²) in [6, 6.07) is 8.37. The number of nitrogens with zero attached hydrogens (tertiary/aromatic N) is 1. The van der Waals surface area contributed by atoms with Gasteiger partial charge < -0.3 is 15.4 Å². The van der Waals surface area contributed by atoms with E-state index in [2.05, 4.69) is 11.0 Å². The number of benzene rings is 1. The molecule has 4 heteroatoms. The SMILES string of the molecule is COc1ccccc1C[C@H]1CCCN1C(=O)CC1(N)CCC1. The lowest BCUT2D eigenvalue weighted by molar-refractivity contribution is -0.134. The van der Waals surface area contributed by atoms with Crippen LogP contribution in [-0.2, 0) is 11.2 Å². The average Bonchev–Trinajstić information content (AvgIpc) is 2.94. The quantitative estimate of drug-likeness (QED) is 0.909. The fraction of sp³-hybridized carbons (Fsp3) is 0.611. The van der Waals surface area contributed by atoms with Gasteiger partial charge in [0.05, 0.1) is 7.11 Å². The summed E-state index contributed by atoms with van der Waals surface area (Å²) in [7, 11) is 1.70. The van der Waals surface area contributed by atoms with Crippen molar-refractivity contribution in [3.8, 4) is 5.75 Å². The van der Waals surface area contributed by atoms with Crippen LogP contribution in [0.2, 0.25) is 0 Å². The standard InChI is InChI=1S/C18H26N2O2/c1-22-16-8-3-2-6-14(16)12-15-7-4-11-20(15)17(21)13-18(19)9-5-10-18/h2-3,6,8,15H,4-5,7,9-13,19H2,1H3/t15-/m1/s1. The van der Waals surface area contributed by atoms with Crippen molar-refractivity contribution in [2.45, 2.75) is 56.5 Å². The van der Waals surface area contributed by atoms with Gasteiger partial charge in [-0.25, -0.2) is 0 Å². The summed E-state index contributed by atoms with van der Waals surface area (Å²) in [4.78, 5) is 14.7. The molecule has 22 heavy (non-hydrogen) atoms. The fourth-order valence-electron chi connectivity index (χ4n) is 3.71. The highest BCUT2D eigenvalue weighted by Gasteiger charge is 2.38. The normalized spacial score (nSPS) is 23.2. The van der Waals surface area contributed by atoms with Crippen LogP contribution in [0.1, 0.15) is 44.1 Å². The molecule has 1 amide bonds. The monoisotopic (exact) mass is 302 g/mol. The molecule has 1 saturated heterocycles. The molecule has 120 valence electrons. The number of para-hydroxylation sites is 1. The molecule has 0 radical (unpaired) electrons. The van der Waals surface area contributed by atoms with E-state index in [4.69, 9.17) is 10.5 Å². The van der Waals surface area contributed by atoms with E-state index >= 15 is 0 Å².